The van der Waals surface area contributed by atoms with E-state index in [2.05, 4.69) is 10.6 Å². The third kappa shape index (κ3) is 13.5. The highest BCUT2D eigenvalue weighted by molar-refractivity contribution is 7.44. The largest absolute Gasteiger partial charge is 0.756 e. The molecule has 0 radical (unpaired) electrons. The third-order valence-corrected chi connectivity index (χ3v) is 2.24. The number of rotatable bonds is 6. The lowest BCUT2D eigenvalue weighted by Crippen LogP contribution is -2.03. The van der Waals surface area contributed by atoms with E-state index in [4.69, 9.17) is 4.89 Å². The highest BCUT2D eigenvalue weighted by atomic mass is 31.2. The average molecular weight is 251 g/mol. The van der Waals surface area contributed by atoms with Crippen molar-refractivity contribution in [3.63, 3.8) is 0 Å². The van der Waals surface area contributed by atoms with Crippen molar-refractivity contribution in [3.8, 4) is 0 Å². The Bertz CT molecular complexity index is 289. The summed E-state index contributed by atoms with van der Waals surface area (Å²) < 4.78 is 14.4. The van der Waals surface area contributed by atoms with Gasteiger partial charge in [0.1, 0.15) is 0 Å². The molecule has 0 aromatic carbocycles. The molecule has 96 valence electrons. The topological polar surface area (TPSA) is 106 Å². The molecule has 5 nitrogen and oxygen atoms in total. The molecule has 0 saturated heterocycles. The number of hydrogen-bond donors (Lipinski definition) is 2. The highest BCUT2D eigenvalue weighted by Crippen LogP contribution is 2.29. The molecule has 1 unspecified atom stereocenters. The van der Waals surface area contributed by atoms with E-state index in [1.807, 2.05) is 20.8 Å². The van der Waals surface area contributed by atoms with Gasteiger partial charge in [0.25, 0.3) is 7.82 Å². The fraction of sp³-hybridized carbons (Fsp3) is 0.600. The van der Waals surface area contributed by atoms with Crippen LogP contribution in [0.3, 0.4) is 0 Å². The molecule has 0 aromatic rings. The Labute approximate surface area is 97.0 Å². The molecule has 5 N–H and O–H groups in total. The molecule has 1 atom stereocenters. The quantitative estimate of drug-likeness (QED) is 0.558. The highest BCUT2D eigenvalue weighted by Gasteiger charge is 1.98. The van der Waals surface area contributed by atoms with Gasteiger partial charge in [-0.3, -0.25) is 4.57 Å². The molecule has 0 aliphatic carbocycles. The summed E-state index contributed by atoms with van der Waals surface area (Å²) in [5.74, 6) is 0. The number of allylic oxidation sites excluding steroid dienone is 3. The van der Waals surface area contributed by atoms with Gasteiger partial charge in [0.15, 0.2) is 0 Å². The second-order valence-corrected chi connectivity index (χ2v) is 4.83. The Morgan fingerprint density at radius 2 is 1.94 bits per heavy atom. The van der Waals surface area contributed by atoms with E-state index in [1.165, 1.54) is 5.57 Å². The van der Waals surface area contributed by atoms with E-state index < -0.39 is 7.82 Å². The Morgan fingerprint density at radius 1 is 1.38 bits per heavy atom. The van der Waals surface area contributed by atoms with E-state index in [0.29, 0.717) is 0 Å². The fourth-order valence-corrected chi connectivity index (χ4v) is 1.23. The maximum atomic E-state index is 10.2. The van der Waals surface area contributed by atoms with Crippen molar-refractivity contribution in [1.29, 1.82) is 0 Å². The van der Waals surface area contributed by atoms with Crippen LogP contribution in [0.5, 0.6) is 0 Å². The van der Waals surface area contributed by atoms with Crippen molar-refractivity contribution in [3.05, 3.63) is 23.3 Å². The van der Waals surface area contributed by atoms with Gasteiger partial charge in [-0.2, -0.15) is 0 Å². The van der Waals surface area contributed by atoms with Gasteiger partial charge < -0.3 is 20.5 Å². The molecule has 0 bridgehead atoms. The van der Waals surface area contributed by atoms with E-state index in [1.54, 1.807) is 6.08 Å². The van der Waals surface area contributed by atoms with E-state index in [0.717, 1.165) is 18.4 Å². The molecular weight excluding hydrogens is 229 g/mol. The van der Waals surface area contributed by atoms with Crippen LogP contribution in [0.1, 0.15) is 33.6 Å². The average Bonchev–Trinajstić information content (AvgIpc) is 2.00. The molecule has 6 heteroatoms. The molecule has 0 spiro atoms. The van der Waals surface area contributed by atoms with Gasteiger partial charge in [0.05, 0.1) is 6.61 Å². The Morgan fingerprint density at radius 3 is 2.38 bits per heavy atom. The second-order valence-electron chi connectivity index (χ2n) is 3.63. The number of hydrogen-bond acceptors (Lipinski definition) is 3. The van der Waals surface area contributed by atoms with Gasteiger partial charge in [-0.15, -0.1) is 0 Å². The first-order valence-corrected chi connectivity index (χ1v) is 6.28. The first-order chi connectivity index (χ1) is 6.81. The SMILES string of the molecule is CC(C)=CCC/C(C)=C/COP(=O)([O-])O.[NH4+]. The van der Waals surface area contributed by atoms with Gasteiger partial charge in [-0.05, 0) is 33.6 Å². The van der Waals surface area contributed by atoms with Crippen LogP contribution in [0.2, 0.25) is 0 Å². The van der Waals surface area contributed by atoms with Crippen molar-refractivity contribution >= 4 is 7.82 Å². The standard InChI is InChI=1S/C10H19O4P.H3N/c1-9(2)5-4-6-10(3)7-8-14-15(11,12)13;/h5,7H,4,6,8H2,1-3H3,(H2,11,12,13);1H3/b10-7+;. The van der Waals surface area contributed by atoms with E-state index in [9.17, 15) is 9.46 Å². The van der Waals surface area contributed by atoms with Crippen molar-refractivity contribution in [1.82, 2.24) is 6.15 Å². The maximum absolute atomic E-state index is 10.2. The first kappa shape index (κ1) is 17.9. The third-order valence-electron chi connectivity index (χ3n) is 1.76. The predicted molar refractivity (Wildman–Crippen MR) is 64.2 cm³/mol. The summed E-state index contributed by atoms with van der Waals surface area (Å²) in [5, 5.41) is 0. The molecule has 0 aliphatic rings. The van der Waals surface area contributed by atoms with Crippen LogP contribution in [0.25, 0.3) is 0 Å². The van der Waals surface area contributed by atoms with Crippen LogP contribution in [0, 0.1) is 0 Å². The zero-order valence-corrected chi connectivity index (χ0v) is 11.3. The van der Waals surface area contributed by atoms with Crippen LogP contribution in [0.15, 0.2) is 23.3 Å². The predicted octanol–water partition coefficient (Wildman–Crippen LogP) is 2.53. The Balaban J connectivity index is 0. The summed E-state index contributed by atoms with van der Waals surface area (Å²) in [7, 11) is -4.57. The zero-order valence-electron chi connectivity index (χ0n) is 10.4. The van der Waals surface area contributed by atoms with Crippen LogP contribution in [-0.2, 0) is 9.09 Å². The summed E-state index contributed by atoms with van der Waals surface area (Å²) in [5.41, 5.74) is 2.31. The lowest BCUT2D eigenvalue weighted by molar-refractivity contribution is -0.218. The molecule has 0 amide bonds. The zero-order chi connectivity index (χ0) is 11.9. The molecule has 0 fully saturated rings. The first-order valence-electron chi connectivity index (χ1n) is 4.78. The normalized spacial score (nSPS) is 14.9. The lowest BCUT2D eigenvalue weighted by atomic mass is 10.1. The summed E-state index contributed by atoms with van der Waals surface area (Å²) in [6, 6.07) is 0. The van der Waals surface area contributed by atoms with Gasteiger partial charge in [0, 0.05) is 0 Å². The van der Waals surface area contributed by atoms with Crippen molar-refractivity contribution in [2.24, 2.45) is 0 Å². The van der Waals surface area contributed by atoms with E-state index in [-0.39, 0.29) is 12.8 Å². The van der Waals surface area contributed by atoms with Crippen molar-refractivity contribution < 1.29 is 18.9 Å². The second kappa shape index (κ2) is 8.67. The number of phosphoric ester groups is 1. The molecule has 16 heavy (non-hydrogen) atoms. The minimum atomic E-state index is -4.57. The van der Waals surface area contributed by atoms with Crippen LogP contribution < -0.4 is 11.0 Å². The van der Waals surface area contributed by atoms with Crippen LogP contribution >= 0.6 is 7.82 Å². The maximum Gasteiger partial charge on any atom is 0.265 e. The molecule has 0 heterocycles. The lowest BCUT2D eigenvalue weighted by Gasteiger charge is -2.13. The molecule has 0 aromatic heterocycles. The van der Waals surface area contributed by atoms with Crippen LogP contribution in [0.4, 0.5) is 0 Å². The molecular formula is C10H22NO4P. The molecule has 0 aliphatic heterocycles. The van der Waals surface area contributed by atoms with Gasteiger partial charge in [0.2, 0.25) is 0 Å². The minimum Gasteiger partial charge on any atom is -0.756 e. The van der Waals surface area contributed by atoms with Crippen LogP contribution in [-0.4, -0.2) is 11.5 Å². The van der Waals surface area contributed by atoms with E-state index >= 15 is 0 Å². The Kier molecular flexibility index (Phi) is 9.72. The summed E-state index contributed by atoms with van der Waals surface area (Å²) >= 11 is 0. The molecule has 0 saturated carbocycles. The number of phosphoric acid groups is 1. The smallest absolute Gasteiger partial charge is 0.265 e. The molecule has 0 rings (SSSR count). The summed E-state index contributed by atoms with van der Waals surface area (Å²) in [6.07, 6.45) is 5.56. The Hall–Kier alpha value is -0.450. The summed E-state index contributed by atoms with van der Waals surface area (Å²) in [6.45, 7) is 5.86. The van der Waals surface area contributed by atoms with Gasteiger partial charge >= 0.3 is 0 Å². The van der Waals surface area contributed by atoms with Gasteiger partial charge in [-0.25, -0.2) is 0 Å². The fourth-order valence-electron chi connectivity index (χ4n) is 0.964. The monoisotopic (exact) mass is 251 g/mol. The van der Waals surface area contributed by atoms with Gasteiger partial charge in [-0.1, -0.05) is 23.3 Å². The number of quaternary nitrogens is 1. The van der Waals surface area contributed by atoms with Crippen molar-refractivity contribution in [2.75, 3.05) is 6.61 Å². The van der Waals surface area contributed by atoms with Crippen molar-refractivity contribution in [2.45, 2.75) is 33.6 Å². The minimum absolute atomic E-state index is 0. The summed E-state index contributed by atoms with van der Waals surface area (Å²) in [4.78, 5) is 18.6.